The Hall–Kier alpha value is -1.94. The van der Waals surface area contributed by atoms with Crippen LogP contribution in [0.25, 0.3) is 10.8 Å². The number of amides is 1. The summed E-state index contributed by atoms with van der Waals surface area (Å²) < 4.78 is 0. The zero-order chi connectivity index (χ0) is 13.9. The fourth-order valence-electron chi connectivity index (χ4n) is 2.23. The first-order valence-corrected chi connectivity index (χ1v) is 7.09. The van der Waals surface area contributed by atoms with E-state index in [4.69, 9.17) is 0 Å². The van der Waals surface area contributed by atoms with E-state index in [1.54, 1.807) is 0 Å². The van der Waals surface area contributed by atoms with Crippen molar-refractivity contribution in [3.05, 3.63) is 42.2 Å². The molecule has 1 amide bonds. The zero-order valence-electron chi connectivity index (χ0n) is 11.6. The molecule has 1 heterocycles. The summed E-state index contributed by atoms with van der Waals surface area (Å²) >= 11 is 0. The van der Waals surface area contributed by atoms with E-state index >= 15 is 0 Å². The van der Waals surface area contributed by atoms with E-state index in [1.165, 1.54) is 5.39 Å². The van der Waals surface area contributed by atoms with Gasteiger partial charge in [-0.25, -0.2) is 0 Å². The number of carbonyl (C=O) groups excluding carboxylic acids is 1. The third-order valence-corrected chi connectivity index (χ3v) is 3.67. The van der Waals surface area contributed by atoms with E-state index in [9.17, 15) is 4.79 Å². The minimum Gasteiger partial charge on any atom is -0.352 e. The van der Waals surface area contributed by atoms with Crippen LogP contribution in [0.15, 0.2) is 36.7 Å². The molecule has 2 N–H and O–H groups in total. The van der Waals surface area contributed by atoms with Crippen LogP contribution in [0.3, 0.4) is 0 Å². The standard InChI is InChI=1S/C16H19N3O/c1-11(16(20)19-14-6-7-14)18-10-13-9-17-8-12-4-2-3-5-15(12)13/h2-5,8-9,11,14,18H,6-7,10H2,1H3,(H,19,20). The summed E-state index contributed by atoms with van der Waals surface area (Å²) in [5.41, 5.74) is 1.12. The minimum absolute atomic E-state index is 0.0840. The maximum atomic E-state index is 11.9. The van der Waals surface area contributed by atoms with Crippen LogP contribution in [0, 0.1) is 0 Å². The van der Waals surface area contributed by atoms with Crippen molar-refractivity contribution in [3.8, 4) is 0 Å². The first-order valence-electron chi connectivity index (χ1n) is 7.09. The van der Waals surface area contributed by atoms with Crippen LogP contribution in [0.1, 0.15) is 25.3 Å². The van der Waals surface area contributed by atoms with Crippen LogP contribution >= 0.6 is 0 Å². The molecule has 1 atom stereocenters. The van der Waals surface area contributed by atoms with E-state index in [1.807, 2.05) is 31.5 Å². The van der Waals surface area contributed by atoms with Gasteiger partial charge in [0.2, 0.25) is 5.91 Å². The van der Waals surface area contributed by atoms with Crippen molar-refractivity contribution in [2.75, 3.05) is 0 Å². The topological polar surface area (TPSA) is 54.0 Å². The van der Waals surface area contributed by atoms with Crippen molar-refractivity contribution in [2.24, 2.45) is 0 Å². The predicted molar refractivity (Wildman–Crippen MR) is 79.2 cm³/mol. The highest BCUT2D eigenvalue weighted by atomic mass is 16.2. The molecule has 20 heavy (non-hydrogen) atoms. The second-order valence-electron chi connectivity index (χ2n) is 5.41. The van der Waals surface area contributed by atoms with Crippen molar-refractivity contribution in [3.63, 3.8) is 0 Å². The summed E-state index contributed by atoms with van der Waals surface area (Å²) in [6.07, 6.45) is 5.96. The number of fused-ring (bicyclic) bond motifs is 1. The normalized spacial score (nSPS) is 16.1. The quantitative estimate of drug-likeness (QED) is 0.873. The monoisotopic (exact) mass is 269 g/mol. The summed E-state index contributed by atoms with van der Waals surface area (Å²) in [7, 11) is 0. The number of nitrogens with zero attached hydrogens (tertiary/aromatic N) is 1. The van der Waals surface area contributed by atoms with Crippen LogP contribution in [0.5, 0.6) is 0 Å². The average Bonchev–Trinajstić information content (AvgIpc) is 3.28. The molecule has 0 spiro atoms. The number of hydrogen-bond acceptors (Lipinski definition) is 3. The molecule has 1 fully saturated rings. The Balaban J connectivity index is 1.65. The second-order valence-corrected chi connectivity index (χ2v) is 5.41. The van der Waals surface area contributed by atoms with Crippen LogP contribution < -0.4 is 10.6 Å². The summed E-state index contributed by atoms with van der Waals surface area (Å²) in [6.45, 7) is 2.55. The Bertz CT molecular complexity index is 617. The minimum atomic E-state index is -0.186. The molecule has 1 aromatic heterocycles. The fourth-order valence-corrected chi connectivity index (χ4v) is 2.23. The number of rotatable bonds is 5. The molecule has 1 aromatic carbocycles. The van der Waals surface area contributed by atoms with Gasteiger partial charge in [-0.3, -0.25) is 9.78 Å². The van der Waals surface area contributed by atoms with E-state index < -0.39 is 0 Å². The van der Waals surface area contributed by atoms with E-state index in [2.05, 4.69) is 27.8 Å². The van der Waals surface area contributed by atoms with E-state index in [0.29, 0.717) is 12.6 Å². The third kappa shape index (κ3) is 2.96. The number of aromatic nitrogens is 1. The van der Waals surface area contributed by atoms with Gasteiger partial charge in [-0.05, 0) is 30.7 Å². The summed E-state index contributed by atoms with van der Waals surface area (Å²) in [5, 5.41) is 8.59. The van der Waals surface area contributed by atoms with Crippen LogP contribution in [-0.4, -0.2) is 23.0 Å². The lowest BCUT2D eigenvalue weighted by molar-refractivity contribution is -0.122. The molecule has 1 aliphatic carbocycles. The van der Waals surface area contributed by atoms with Gasteiger partial charge in [0.15, 0.2) is 0 Å². The lowest BCUT2D eigenvalue weighted by Crippen LogP contribution is -2.42. The summed E-state index contributed by atoms with van der Waals surface area (Å²) in [4.78, 5) is 16.1. The highest BCUT2D eigenvalue weighted by molar-refractivity contribution is 5.85. The van der Waals surface area contributed by atoms with Crippen LogP contribution in [-0.2, 0) is 11.3 Å². The number of carbonyl (C=O) groups is 1. The summed E-state index contributed by atoms with van der Waals surface area (Å²) in [5.74, 6) is 0.0840. The summed E-state index contributed by atoms with van der Waals surface area (Å²) in [6, 6.07) is 8.39. The first-order chi connectivity index (χ1) is 9.74. The maximum Gasteiger partial charge on any atom is 0.237 e. The molecule has 0 saturated heterocycles. The fraction of sp³-hybridized carbons (Fsp3) is 0.375. The van der Waals surface area contributed by atoms with Gasteiger partial charge in [-0.2, -0.15) is 0 Å². The molecule has 1 aliphatic rings. The molecule has 0 radical (unpaired) electrons. The highest BCUT2D eigenvalue weighted by Crippen LogP contribution is 2.19. The predicted octanol–water partition coefficient (Wildman–Crippen LogP) is 1.99. The maximum absolute atomic E-state index is 11.9. The van der Waals surface area contributed by atoms with Crippen molar-refractivity contribution in [1.82, 2.24) is 15.6 Å². The average molecular weight is 269 g/mol. The van der Waals surface area contributed by atoms with E-state index in [-0.39, 0.29) is 11.9 Å². The van der Waals surface area contributed by atoms with E-state index in [0.717, 1.165) is 23.8 Å². The zero-order valence-corrected chi connectivity index (χ0v) is 11.6. The first kappa shape index (κ1) is 13.1. The Labute approximate surface area is 118 Å². The van der Waals surface area contributed by atoms with Gasteiger partial charge >= 0.3 is 0 Å². The molecule has 0 bridgehead atoms. The molecule has 104 valence electrons. The Kier molecular flexibility index (Phi) is 3.65. The largest absolute Gasteiger partial charge is 0.352 e. The van der Waals surface area contributed by atoms with Crippen molar-refractivity contribution in [1.29, 1.82) is 0 Å². The smallest absolute Gasteiger partial charge is 0.237 e. The van der Waals surface area contributed by atoms with Crippen molar-refractivity contribution >= 4 is 16.7 Å². The number of hydrogen-bond donors (Lipinski definition) is 2. The van der Waals surface area contributed by atoms with Crippen LogP contribution in [0.4, 0.5) is 0 Å². The molecule has 4 heteroatoms. The van der Waals surface area contributed by atoms with Gasteiger partial charge in [0, 0.05) is 30.4 Å². The molecular formula is C16H19N3O. The molecule has 2 aromatic rings. The Morgan fingerprint density at radius 2 is 2.15 bits per heavy atom. The number of benzene rings is 1. The Morgan fingerprint density at radius 3 is 2.95 bits per heavy atom. The third-order valence-electron chi connectivity index (χ3n) is 3.67. The highest BCUT2D eigenvalue weighted by Gasteiger charge is 2.25. The SMILES string of the molecule is CC(NCc1cncc2ccccc12)C(=O)NC1CC1. The van der Waals surface area contributed by atoms with Crippen LogP contribution in [0.2, 0.25) is 0 Å². The molecule has 0 aliphatic heterocycles. The molecular weight excluding hydrogens is 250 g/mol. The van der Waals surface area contributed by atoms with Crippen molar-refractivity contribution < 1.29 is 4.79 Å². The lowest BCUT2D eigenvalue weighted by Gasteiger charge is -2.14. The molecule has 1 saturated carbocycles. The number of pyridine rings is 1. The lowest BCUT2D eigenvalue weighted by atomic mass is 10.1. The van der Waals surface area contributed by atoms with Gasteiger partial charge in [0.05, 0.1) is 6.04 Å². The van der Waals surface area contributed by atoms with Gasteiger partial charge in [-0.15, -0.1) is 0 Å². The molecule has 3 rings (SSSR count). The van der Waals surface area contributed by atoms with Crippen molar-refractivity contribution in [2.45, 2.75) is 38.4 Å². The molecule has 1 unspecified atom stereocenters. The van der Waals surface area contributed by atoms with Gasteiger partial charge in [0.1, 0.15) is 0 Å². The van der Waals surface area contributed by atoms with Gasteiger partial charge in [-0.1, -0.05) is 24.3 Å². The molecule has 4 nitrogen and oxygen atoms in total. The Morgan fingerprint density at radius 1 is 1.35 bits per heavy atom. The van der Waals surface area contributed by atoms with Gasteiger partial charge < -0.3 is 10.6 Å². The van der Waals surface area contributed by atoms with Gasteiger partial charge in [0.25, 0.3) is 0 Å². The second kappa shape index (κ2) is 5.59. The number of nitrogens with one attached hydrogen (secondary N) is 2.